The van der Waals surface area contributed by atoms with Crippen molar-refractivity contribution in [2.45, 2.75) is 20.4 Å². The maximum Gasteiger partial charge on any atom is 0.336 e. The Balaban J connectivity index is 2.23. The molecule has 0 saturated heterocycles. The van der Waals surface area contributed by atoms with Gasteiger partial charge in [-0.25, -0.2) is 9.78 Å². The Morgan fingerprint density at radius 1 is 1.35 bits per heavy atom. The number of aromatic nitrogens is 2. The molecule has 0 bridgehead atoms. The van der Waals surface area contributed by atoms with Crippen LogP contribution in [0, 0.1) is 13.8 Å². The van der Waals surface area contributed by atoms with E-state index in [9.17, 15) is 9.90 Å². The van der Waals surface area contributed by atoms with Gasteiger partial charge in [0.25, 0.3) is 0 Å². The first-order chi connectivity index (χ1) is 9.56. The van der Waals surface area contributed by atoms with Crippen LogP contribution >= 0.6 is 0 Å². The Kier molecular flexibility index (Phi) is 2.82. The second-order valence-corrected chi connectivity index (χ2v) is 4.78. The molecular formula is C15H14N2O3. The summed E-state index contributed by atoms with van der Waals surface area (Å²) in [5, 5.41) is 10.5. The molecule has 0 amide bonds. The normalized spacial score (nSPS) is 11.1. The zero-order valence-electron chi connectivity index (χ0n) is 11.3. The van der Waals surface area contributed by atoms with Crippen LogP contribution in [-0.4, -0.2) is 14.7 Å². The Morgan fingerprint density at radius 3 is 2.85 bits per heavy atom. The molecule has 5 nitrogen and oxygen atoms in total. The van der Waals surface area contributed by atoms with E-state index in [-0.39, 0.29) is 5.75 Å². The summed E-state index contributed by atoms with van der Waals surface area (Å²) in [6.45, 7) is 4.18. The first-order valence-corrected chi connectivity index (χ1v) is 6.29. The van der Waals surface area contributed by atoms with Gasteiger partial charge in [0.2, 0.25) is 0 Å². The predicted molar refractivity (Wildman–Crippen MR) is 75.0 cm³/mol. The minimum Gasteiger partial charge on any atom is -0.508 e. The molecule has 0 radical (unpaired) electrons. The van der Waals surface area contributed by atoms with Crippen molar-refractivity contribution in [2.24, 2.45) is 0 Å². The molecule has 5 heteroatoms. The van der Waals surface area contributed by atoms with Gasteiger partial charge >= 0.3 is 5.63 Å². The lowest BCUT2D eigenvalue weighted by Crippen LogP contribution is -2.07. The van der Waals surface area contributed by atoms with Gasteiger partial charge in [-0.2, -0.15) is 0 Å². The summed E-state index contributed by atoms with van der Waals surface area (Å²) in [4.78, 5) is 15.9. The van der Waals surface area contributed by atoms with Gasteiger partial charge in [-0.3, -0.25) is 0 Å². The van der Waals surface area contributed by atoms with Crippen LogP contribution in [0.3, 0.4) is 0 Å². The van der Waals surface area contributed by atoms with Crippen LogP contribution in [0.4, 0.5) is 0 Å². The molecule has 1 aromatic carbocycles. The highest BCUT2D eigenvalue weighted by Gasteiger charge is 2.11. The van der Waals surface area contributed by atoms with Gasteiger partial charge in [-0.15, -0.1) is 0 Å². The van der Waals surface area contributed by atoms with Gasteiger partial charge < -0.3 is 14.1 Å². The summed E-state index contributed by atoms with van der Waals surface area (Å²) in [5.74, 6) is 0.999. The second kappa shape index (κ2) is 4.52. The van der Waals surface area contributed by atoms with Gasteiger partial charge in [-0.1, -0.05) is 0 Å². The Hall–Kier alpha value is -2.56. The number of hydrogen-bond donors (Lipinski definition) is 1. The molecular weight excluding hydrogens is 256 g/mol. The monoisotopic (exact) mass is 270 g/mol. The molecule has 1 N–H and O–H groups in total. The lowest BCUT2D eigenvalue weighted by molar-refractivity contribution is 0.468. The van der Waals surface area contributed by atoms with E-state index < -0.39 is 5.63 Å². The largest absolute Gasteiger partial charge is 0.508 e. The molecule has 0 atom stereocenters. The number of phenols is 1. The van der Waals surface area contributed by atoms with E-state index in [0.29, 0.717) is 17.7 Å². The fraction of sp³-hybridized carbons (Fsp3) is 0.200. The highest BCUT2D eigenvalue weighted by molar-refractivity contribution is 5.84. The van der Waals surface area contributed by atoms with E-state index in [0.717, 1.165) is 16.8 Å². The van der Waals surface area contributed by atoms with Crippen LogP contribution in [0.1, 0.15) is 17.0 Å². The maximum absolute atomic E-state index is 11.7. The van der Waals surface area contributed by atoms with Crippen molar-refractivity contribution < 1.29 is 9.52 Å². The smallest absolute Gasteiger partial charge is 0.336 e. The van der Waals surface area contributed by atoms with Crippen molar-refractivity contribution in [3.05, 3.63) is 58.0 Å². The molecule has 3 rings (SSSR count). The molecule has 2 aromatic heterocycles. The molecule has 0 aliphatic carbocycles. The minimum absolute atomic E-state index is 0.122. The summed E-state index contributed by atoms with van der Waals surface area (Å²) >= 11 is 0. The Bertz CT molecular complexity index is 846. The number of imidazole rings is 1. The molecule has 0 fully saturated rings. The quantitative estimate of drug-likeness (QED) is 0.726. The predicted octanol–water partition coefficient (Wildman–Crippen LogP) is 2.36. The maximum atomic E-state index is 11.7. The fourth-order valence-electron chi connectivity index (χ4n) is 2.30. The van der Waals surface area contributed by atoms with Crippen molar-refractivity contribution in [2.75, 3.05) is 0 Å². The van der Waals surface area contributed by atoms with Crippen molar-refractivity contribution >= 4 is 11.0 Å². The summed E-state index contributed by atoms with van der Waals surface area (Å²) < 4.78 is 7.18. The standard InChI is InChI=1S/C15H14N2O3/c1-9-13(18)4-3-12-11(7-14(19)20-15(9)12)8-17-6-5-16-10(17)2/h3-7,18H,8H2,1-2H3. The summed E-state index contributed by atoms with van der Waals surface area (Å²) in [6, 6.07) is 4.86. The number of phenolic OH excluding ortho intramolecular Hbond substituents is 1. The molecule has 0 spiro atoms. The first kappa shape index (κ1) is 12.5. The third-order valence-corrected chi connectivity index (χ3v) is 3.48. The summed E-state index contributed by atoms with van der Waals surface area (Å²) in [6.07, 6.45) is 3.59. The van der Waals surface area contributed by atoms with Gasteiger partial charge in [0.05, 0.1) is 0 Å². The lowest BCUT2D eigenvalue weighted by Gasteiger charge is -2.09. The van der Waals surface area contributed by atoms with E-state index in [4.69, 9.17) is 4.42 Å². The average Bonchev–Trinajstić information content (AvgIpc) is 2.80. The van der Waals surface area contributed by atoms with Crippen LogP contribution in [0.5, 0.6) is 5.75 Å². The van der Waals surface area contributed by atoms with Crippen molar-refractivity contribution in [1.82, 2.24) is 9.55 Å². The number of benzene rings is 1. The SMILES string of the molecule is Cc1c(O)ccc2c(Cn3ccnc3C)cc(=O)oc12. The van der Waals surface area contributed by atoms with E-state index in [1.807, 2.05) is 17.7 Å². The average molecular weight is 270 g/mol. The Labute approximate surface area is 115 Å². The van der Waals surface area contributed by atoms with E-state index >= 15 is 0 Å². The molecule has 2 heterocycles. The molecule has 0 aliphatic rings. The first-order valence-electron chi connectivity index (χ1n) is 6.29. The molecule has 0 saturated carbocycles. The molecule has 102 valence electrons. The zero-order chi connectivity index (χ0) is 14.3. The van der Waals surface area contributed by atoms with E-state index in [2.05, 4.69) is 4.98 Å². The van der Waals surface area contributed by atoms with Gasteiger partial charge in [0.1, 0.15) is 17.2 Å². The van der Waals surface area contributed by atoms with Crippen molar-refractivity contribution in [3.63, 3.8) is 0 Å². The zero-order valence-corrected chi connectivity index (χ0v) is 11.3. The van der Waals surface area contributed by atoms with Crippen LogP contribution in [0.25, 0.3) is 11.0 Å². The van der Waals surface area contributed by atoms with Gasteiger partial charge in [0.15, 0.2) is 0 Å². The summed E-state index contributed by atoms with van der Waals surface area (Å²) in [7, 11) is 0. The van der Waals surface area contributed by atoms with Gasteiger partial charge in [-0.05, 0) is 31.5 Å². The number of nitrogens with zero attached hydrogens (tertiary/aromatic N) is 2. The third kappa shape index (κ3) is 1.97. The number of aryl methyl sites for hydroxylation is 2. The highest BCUT2D eigenvalue weighted by Crippen LogP contribution is 2.27. The number of aromatic hydroxyl groups is 1. The summed E-state index contributed by atoms with van der Waals surface area (Å²) in [5.41, 5.74) is 1.44. The topological polar surface area (TPSA) is 68.3 Å². The third-order valence-electron chi connectivity index (χ3n) is 3.48. The van der Waals surface area contributed by atoms with E-state index in [1.54, 1.807) is 25.3 Å². The fourth-order valence-corrected chi connectivity index (χ4v) is 2.30. The van der Waals surface area contributed by atoms with Crippen LogP contribution in [-0.2, 0) is 6.54 Å². The van der Waals surface area contributed by atoms with Crippen molar-refractivity contribution in [1.29, 1.82) is 0 Å². The van der Waals surface area contributed by atoms with Crippen LogP contribution in [0.15, 0.2) is 39.8 Å². The molecule has 0 aliphatic heterocycles. The van der Waals surface area contributed by atoms with Crippen LogP contribution in [0.2, 0.25) is 0 Å². The minimum atomic E-state index is -0.418. The highest BCUT2D eigenvalue weighted by atomic mass is 16.4. The number of fused-ring (bicyclic) bond motifs is 1. The number of rotatable bonds is 2. The Morgan fingerprint density at radius 2 is 2.15 bits per heavy atom. The second-order valence-electron chi connectivity index (χ2n) is 4.78. The van der Waals surface area contributed by atoms with E-state index in [1.165, 1.54) is 6.07 Å². The van der Waals surface area contributed by atoms with Gasteiger partial charge in [0, 0.05) is 36.0 Å². The number of hydrogen-bond acceptors (Lipinski definition) is 4. The molecule has 3 aromatic rings. The van der Waals surface area contributed by atoms with Crippen molar-refractivity contribution in [3.8, 4) is 5.75 Å². The lowest BCUT2D eigenvalue weighted by atomic mass is 10.1. The van der Waals surface area contributed by atoms with Crippen LogP contribution < -0.4 is 5.63 Å². The molecule has 20 heavy (non-hydrogen) atoms. The molecule has 0 unspecified atom stereocenters.